The van der Waals surface area contributed by atoms with E-state index >= 15 is 0 Å². The number of aryl methyl sites for hydroxylation is 1. The lowest BCUT2D eigenvalue weighted by atomic mass is 10.0. The highest BCUT2D eigenvalue weighted by Crippen LogP contribution is 2.14. The van der Waals surface area contributed by atoms with Gasteiger partial charge in [-0.25, -0.2) is 8.78 Å². The van der Waals surface area contributed by atoms with Crippen LogP contribution in [-0.4, -0.2) is 5.78 Å². The normalized spacial score (nSPS) is 10.4. The summed E-state index contributed by atoms with van der Waals surface area (Å²) in [6, 6.07) is 10.5. The number of carbonyl (C=O) groups is 1. The fourth-order valence-corrected chi connectivity index (χ4v) is 1.82. The zero-order valence-electron chi connectivity index (χ0n) is 9.91. The van der Waals surface area contributed by atoms with Crippen molar-refractivity contribution in [2.24, 2.45) is 0 Å². The molecule has 0 aromatic heterocycles. The van der Waals surface area contributed by atoms with Gasteiger partial charge in [-0.2, -0.15) is 0 Å². The molecule has 0 fully saturated rings. The fourth-order valence-electron chi connectivity index (χ4n) is 1.82. The van der Waals surface area contributed by atoms with Crippen molar-refractivity contribution in [1.29, 1.82) is 0 Å². The van der Waals surface area contributed by atoms with E-state index in [1.54, 1.807) is 0 Å². The third-order valence-corrected chi connectivity index (χ3v) is 2.68. The largest absolute Gasteiger partial charge is 0.294 e. The Morgan fingerprint density at radius 2 is 1.89 bits per heavy atom. The van der Waals surface area contributed by atoms with Gasteiger partial charge in [-0.15, -0.1) is 0 Å². The SMILES string of the molecule is Cc1cccc(CC(=O)c2ccc(F)cc2F)c1. The van der Waals surface area contributed by atoms with E-state index < -0.39 is 11.6 Å². The number of hydrogen-bond donors (Lipinski definition) is 0. The van der Waals surface area contributed by atoms with E-state index in [-0.39, 0.29) is 17.8 Å². The van der Waals surface area contributed by atoms with Crippen molar-refractivity contribution in [2.45, 2.75) is 13.3 Å². The minimum Gasteiger partial charge on any atom is -0.294 e. The molecule has 0 heterocycles. The lowest BCUT2D eigenvalue weighted by Gasteiger charge is -2.04. The molecule has 0 atom stereocenters. The van der Waals surface area contributed by atoms with Crippen LogP contribution in [0.1, 0.15) is 21.5 Å². The summed E-state index contributed by atoms with van der Waals surface area (Å²) in [7, 11) is 0. The lowest BCUT2D eigenvalue weighted by Crippen LogP contribution is -2.06. The number of halogens is 2. The molecule has 0 saturated heterocycles. The molecule has 0 aliphatic heterocycles. The Kier molecular flexibility index (Phi) is 3.51. The maximum absolute atomic E-state index is 13.4. The molecule has 92 valence electrons. The standard InChI is InChI=1S/C15H12F2O/c1-10-3-2-4-11(7-10)8-15(18)13-6-5-12(16)9-14(13)17/h2-7,9H,8H2,1H3. The van der Waals surface area contributed by atoms with E-state index in [0.717, 1.165) is 23.3 Å². The Labute approximate surface area is 104 Å². The number of benzene rings is 2. The molecule has 3 heteroatoms. The maximum Gasteiger partial charge on any atom is 0.170 e. The van der Waals surface area contributed by atoms with E-state index in [1.807, 2.05) is 31.2 Å². The maximum atomic E-state index is 13.4. The molecular weight excluding hydrogens is 234 g/mol. The second kappa shape index (κ2) is 5.08. The Morgan fingerprint density at radius 3 is 2.56 bits per heavy atom. The topological polar surface area (TPSA) is 17.1 Å². The minimum absolute atomic E-state index is 0.0714. The van der Waals surface area contributed by atoms with Gasteiger partial charge in [0, 0.05) is 12.5 Å². The highest BCUT2D eigenvalue weighted by Gasteiger charge is 2.13. The van der Waals surface area contributed by atoms with Gasteiger partial charge in [0.05, 0.1) is 5.56 Å². The van der Waals surface area contributed by atoms with E-state index in [2.05, 4.69) is 0 Å². The average Bonchev–Trinajstić information content (AvgIpc) is 2.28. The van der Waals surface area contributed by atoms with Crippen molar-refractivity contribution in [2.75, 3.05) is 0 Å². The van der Waals surface area contributed by atoms with Crippen LogP contribution in [0.5, 0.6) is 0 Å². The minimum atomic E-state index is -0.812. The summed E-state index contributed by atoms with van der Waals surface area (Å²) in [6.07, 6.45) is 0.115. The highest BCUT2D eigenvalue weighted by atomic mass is 19.1. The first-order valence-corrected chi connectivity index (χ1v) is 5.60. The molecule has 2 aromatic carbocycles. The highest BCUT2D eigenvalue weighted by molar-refractivity contribution is 5.97. The zero-order valence-corrected chi connectivity index (χ0v) is 9.91. The Morgan fingerprint density at radius 1 is 1.11 bits per heavy atom. The van der Waals surface area contributed by atoms with Crippen molar-refractivity contribution in [3.05, 3.63) is 70.8 Å². The number of carbonyl (C=O) groups excluding carboxylic acids is 1. The first-order chi connectivity index (χ1) is 8.56. The summed E-state index contributed by atoms with van der Waals surface area (Å²) in [4.78, 5) is 11.9. The molecule has 18 heavy (non-hydrogen) atoms. The molecule has 0 spiro atoms. The predicted molar refractivity (Wildman–Crippen MR) is 65.6 cm³/mol. The van der Waals surface area contributed by atoms with Gasteiger partial charge in [0.15, 0.2) is 5.78 Å². The summed E-state index contributed by atoms with van der Waals surface area (Å²) in [5.41, 5.74) is 1.79. The molecule has 0 radical (unpaired) electrons. The van der Waals surface area contributed by atoms with Gasteiger partial charge in [0.2, 0.25) is 0 Å². The van der Waals surface area contributed by atoms with Gasteiger partial charge in [-0.3, -0.25) is 4.79 Å². The molecule has 2 aromatic rings. The van der Waals surface area contributed by atoms with Crippen molar-refractivity contribution < 1.29 is 13.6 Å². The Bertz CT molecular complexity index is 591. The van der Waals surface area contributed by atoms with Crippen LogP contribution in [-0.2, 0) is 6.42 Å². The first-order valence-electron chi connectivity index (χ1n) is 5.60. The number of ketones is 1. The fraction of sp³-hybridized carbons (Fsp3) is 0.133. The second-order valence-electron chi connectivity index (χ2n) is 4.21. The van der Waals surface area contributed by atoms with Crippen LogP contribution in [0.4, 0.5) is 8.78 Å². The molecule has 0 bridgehead atoms. The molecule has 2 rings (SSSR count). The second-order valence-corrected chi connectivity index (χ2v) is 4.21. The van der Waals surface area contributed by atoms with Crippen LogP contribution in [0, 0.1) is 18.6 Å². The Hall–Kier alpha value is -2.03. The van der Waals surface area contributed by atoms with Gasteiger partial charge in [-0.05, 0) is 24.6 Å². The van der Waals surface area contributed by atoms with Crippen LogP contribution >= 0.6 is 0 Å². The first kappa shape index (κ1) is 12.4. The molecule has 0 saturated carbocycles. The van der Waals surface area contributed by atoms with E-state index in [9.17, 15) is 13.6 Å². The summed E-state index contributed by atoms with van der Waals surface area (Å²) in [6.45, 7) is 1.92. The predicted octanol–water partition coefficient (Wildman–Crippen LogP) is 3.70. The lowest BCUT2D eigenvalue weighted by molar-refractivity contribution is 0.0989. The third kappa shape index (κ3) is 2.80. The van der Waals surface area contributed by atoms with Crippen LogP contribution in [0.3, 0.4) is 0 Å². The molecular formula is C15H12F2O. The van der Waals surface area contributed by atoms with Crippen molar-refractivity contribution in [1.82, 2.24) is 0 Å². The van der Waals surface area contributed by atoms with Crippen LogP contribution in [0.15, 0.2) is 42.5 Å². The molecule has 0 aliphatic rings. The molecule has 0 N–H and O–H groups in total. The van der Waals surface area contributed by atoms with Crippen molar-refractivity contribution >= 4 is 5.78 Å². The van der Waals surface area contributed by atoms with E-state index in [0.29, 0.717) is 0 Å². The average molecular weight is 246 g/mol. The van der Waals surface area contributed by atoms with E-state index in [1.165, 1.54) is 6.07 Å². The summed E-state index contributed by atoms with van der Waals surface area (Å²) in [5.74, 6) is -1.84. The van der Waals surface area contributed by atoms with Gasteiger partial charge >= 0.3 is 0 Å². The number of rotatable bonds is 3. The van der Waals surface area contributed by atoms with Crippen LogP contribution < -0.4 is 0 Å². The summed E-state index contributed by atoms with van der Waals surface area (Å²) < 4.78 is 26.2. The van der Waals surface area contributed by atoms with Gasteiger partial charge < -0.3 is 0 Å². The monoisotopic (exact) mass is 246 g/mol. The Balaban J connectivity index is 2.22. The number of hydrogen-bond acceptors (Lipinski definition) is 1. The molecule has 0 aliphatic carbocycles. The van der Waals surface area contributed by atoms with Gasteiger partial charge in [0.25, 0.3) is 0 Å². The molecule has 1 nitrogen and oxygen atoms in total. The van der Waals surface area contributed by atoms with Gasteiger partial charge in [0.1, 0.15) is 11.6 Å². The number of Topliss-reactive ketones (excluding diaryl/α,β-unsaturated/α-hetero) is 1. The van der Waals surface area contributed by atoms with Crippen molar-refractivity contribution in [3.8, 4) is 0 Å². The van der Waals surface area contributed by atoms with Gasteiger partial charge in [-0.1, -0.05) is 29.8 Å². The molecule has 0 unspecified atom stereocenters. The third-order valence-electron chi connectivity index (χ3n) is 2.68. The quantitative estimate of drug-likeness (QED) is 0.755. The van der Waals surface area contributed by atoms with Crippen molar-refractivity contribution in [3.63, 3.8) is 0 Å². The van der Waals surface area contributed by atoms with E-state index in [4.69, 9.17) is 0 Å². The molecule has 0 amide bonds. The smallest absolute Gasteiger partial charge is 0.170 e. The summed E-state index contributed by atoms with van der Waals surface area (Å²) in [5, 5.41) is 0. The van der Waals surface area contributed by atoms with Crippen LogP contribution in [0.25, 0.3) is 0 Å². The zero-order chi connectivity index (χ0) is 13.1. The summed E-state index contributed by atoms with van der Waals surface area (Å²) >= 11 is 0. The van der Waals surface area contributed by atoms with Crippen LogP contribution in [0.2, 0.25) is 0 Å².